The lowest BCUT2D eigenvalue weighted by Gasteiger charge is -2.10. The number of aliphatic hydroxyl groups is 1. The van der Waals surface area contributed by atoms with Crippen LogP contribution >= 0.6 is 0 Å². The summed E-state index contributed by atoms with van der Waals surface area (Å²) < 4.78 is 17.9. The highest BCUT2D eigenvalue weighted by Gasteiger charge is 2.22. The summed E-state index contributed by atoms with van der Waals surface area (Å²) in [6.07, 6.45) is -0.758. The Morgan fingerprint density at radius 2 is 2.26 bits per heavy atom. The molecule has 0 heterocycles. The summed E-state index contributed by atoms with van der Waals surface area (Å²) in [4.78, 5) is 21.3. The van der Waals surface area contributed by atoms with Crippen LogP contribution in [-0.4, -0.2) is 35.8 Å². The van der Waals surface area contributed by atoms with E-state index in [1.54, 1.807) is 0 Å². The first-order valence-corrected chi connectivity index (χ1v) is 5.35. The number of rotatable bonds is 5. The van der Waals surface area contributed by atoms with Gasteiger partial charge in [-0.15, -0.1) is 0 Å². The highest BCUT2D eigenvalue weighted by molar-refractivity contribution is 5.91. The first-order valence-electron chi connectivity index (χ1n) is 5.35. The van der Waals surface area contributed by atoms with Crippen molar-refractivity contribution in [2.45, 2.75) is 13.0 Å². The SMILES string of the molecule is COC(=O)c1cc(NCC(C)O)c([N+](=O)[O-])cc1F. The van der Waals surface area contributed by atoms with Gasteiger partial charge in [0.15, 0.2) is 0 Å². The third kappa shape index (κ3) is 3.62. The zero-order valence-corrected chi connectivity index (χ0v) is 10.3. The number of nitro groups is 1. The predicted molar refractivity (Wildman–Crippen MR) is 64.6 cm³/mol. The summed E-state index contributed by atoms with van der Waals surface area (Å²) in [5.41, 5.74) is -1.00. The van der Waals surface area contributed by atoms with E-state index < -0.39 is 34.1 Å². The topological polar surface area (TPSA) is 102 Å². The summed E-state index contributed by atoms with van der Waals surface area (Å²) in [6, 6.07) is 1.62. The molecule has 1 unspecified atom stereocenters. The molecular weight excluding hydrogens is 259 g/mol. The van der Waals surface area contributed by atoms with Crippen molar-refractivity contribution in [1.82, 2.24) is 0 Å². The summed E-state index contributed by atoms with van der Waals surface area (Å²) in [6.45, 7) is 1.50. The number of carbonyl (C=O) groups is 1. The van der Waals surface area contributed by atoms with Gasteiger partial charge < -0.3 is 15.2 Å². The predicted octanol–water partition coefficient (Wildman–Crippen LogP) is 1.31. The molecule has 1 atom stereocenters. The number of nitro benzene ring substituents is 1. The number of carbonyl (C=O) groups excluding carboxylic acids is 1. The number of nitrogens with zero attached hydrogens (tertiary/aromatic N) is 1. The number of nitrogens with one attached hydrogen (secondary N) is 1. The molecule has 8 heteroatoms. The molecule has 1 aromatic rings. The Morgan fingerprint density at radius 1 is 1.63 bits per heavy atom. The molecule has 1 rings (SSSR count). The van der Waals surface area contributed by atoms with Crippen molar-refractivity contribution in [2.75, 3.05) is 19.0 Å². The Balaban J connectivity index is 3.23. The quantitative estimate of drug-likeness (QED) is 0.476. The number of hydrogen-bond acceptors (Lipinski definition) is 6. The van der Waals surface area contributed by atoms with Crippen molar-refractivity contribution in [3.8, 4) is 0 Å². The lowest BCUT2D eigenvalue weighted by molar-refractivity contribution is -0.384. The van der Waals surface area contributed by atoms with E-state index >= 15 is 0 Å². The molecule has 2 N–H and O–H groups in total. The fraction of sp³-hybridized carbons (Fsp3) is 0.364. The van der Waals surface area contributed by atoms with Gasteiger partial charge in [-0.05, 0) is 13.0 Å². The van der Waals surface area contributed by atoms with Gasteiger partial charge in [-0.3, -0.25) is 10.1 Å². The van der Waals surface area contributed by atoms with Gasteiger partial charge in [0.1, 0.15) is 11.5 Å². The Bertz CT molecular complexity index is 504. The van der Waals surface area contributed by atoms with Gasteiger partial charge in [0, 0.05) is 6.54 Å². The van der Waals surface area contributed by atoms with E-state index in [0.717, 1.165) is 13.2 Å². The molecule has 0 fully saturated rings. The Morgan fingerprint density at radius 3 is 2.74 bits per heavy atom. The van der Waals surface area contributed by atoms with Crippen LogP contribution in [0.25, 0.3) is 0 Å². The average molecular weight is 272 g/mol. The lowest BCUT2D eigenvalue weighted by atomic mass is 10.1. The summed E-state index contributed by atoms with van der Waals surface area (Å²) in [5.74, 6) is -1.98. The first-order chi connectivity index (χ1) is 8.86. The fourth-order valence-electron chi connectivity index (χ4n) is 1.38. The number of benzene rings is 1. The van der Waals surface area contributed by atoms with Crippen LogP contribution in [0.2, 0.25) is 0 Å². The summed E-state index contributed by atoms with van der Waals surface area (Å²) >= 11 is 0. The maximum Gasteiger partial charge on any atom is 0.340 e. The molecule has 104 valence electrons. The standard InChI is InChI=1S/C11H13FN2O5/c1-6(15)5-13-9-3-7(11(16)19-2)8(12)4-10(9)14(17)18/h3-4,6,13,15H,5H2,1-2H3. The molecule has 0 radical (unpaired) electrons. The van der Waals surface area contributed by atoms with E-state index in [0.29, 0.717) is 6.07 Å². The van der Waals surface area contributed by atoms with Crippen molar-refractivity contribution >= 4 is 17.3 Å². The number of ether oxygens (including phenoxy) is 1. The Kier molecular flexibility index (Phi) is 4.76. The Hall–Kier alpha value is -2.22. The normalized spacial score (nSPS) is 11.8. The molecule has 7 nitrogen and oxygen atoms in total. The van der Waals surface area contributed by atoms with Crippen molar-refractivity contribution in [3.63, 3.8) is 0 Å². The number of anilines is 1. The summed E-state index contributed by atoms with van der Waals surface area (Å²) in [7, 11) is 1.08. The molecular formula is C11H13FN2O5. The van der Waals surface area contributed by atoms with Crippen molar-refractivity contribution < 1.29 is 24.0 Å². The van der Waals surface area contributed by atoms with Crippen molar-refractivity contribution in [1.29, 1.82) is 0 Å². The number of halogens is 1. The van der Waals surface area contributed by atoms with Crippen LogP contribution in [0.15, 0.2) is 12.1 Å². The molecule has 0 aliphatic heterocycles. The van der Waals surface area contributed by atoms with Gasteiger partial charge in [0.2, 0.25) is 0 Å². The van der Waals surface area contributed by atoms with Gasteiger partial charge in [0.05, 0.1) is 29.8 Å². The number of aliphatic hydroxyl groups excluding tert-OH is 1. The van der Waals surface area contributed by atoms with Gasteiger partial charge in [-0.25, -0.2) is 9.18 Å². The second kappa shape index (κ2) is 6.10. The zero-order valence-electron chi connectivity index (χ0n) is 10.3. The molecule has 0 aliphatic rings. The van der Waals surface area contributed by atoms with Gasteiger partial charge in [-0.1, -0.05) is 0 Å². The van der Waals surface area contributed by atoms with E-state index in [1.807, 2.05) is 0 Å². The molecule has 0 spiro atoms. The number of methoxy groups -OCH3 is 1. The van der Waals surface area contributed by atoms with E-state index in [2.05, 4.69) is 10.1 Å². The number of esters is 1. The highest BCUT2D eigenvalue weighted by Crippen LogP contribution is 2.28. The van der Waals surface area contributed by atoms with Gasteiger partial charge in [0.25, 0.3) is 5.69 Å². The van der Waals surface area contributed by atoms with E-state index in [-0.39, 0.29) is 12.2 Å². The minimum atomic E-state index is -1.04. The molecule has 0 amide bonds. The van der Waals surface area contributed by atoms with Crippen LogP contribution in [0.5, 0.6) is 0 Å². The van der Waals surface area contributed by atoms with Crippen molar-refractivity contribution in [2.24, 2.45) is 0 Å². The highest BCUT2D eigenvalue weighted by atomic mass is 19.1. The lowest BCUT2D eigenvalue weighted by Crippen LogP contribution is -2.17. The molecule has 0 aromatic heterocycles. The van der Waals surface area contributed by atoms with Gasteiger partial charge >= 0.3 is 5.97 Å². The van der Waals surface area contributed by atoms with Gasteiger partial charge in [-0.2, -0.15) is 0 Å². The minimum absolute atomic E-state index is 0.0209. The fourth-order valence-corrected chi connectivity index (χ4v) is 1.38. The van der Waals surface area contributed by atoms with E-state index in [4.69, 9.17) is 5.11 Å². The second-order valence-electron chi connectivity index (χ2n) is 3.83. The Labute approximate surface area is 108 Å². The third-order valence-electron chi connectivity index (χ3n) is 2.28. The average Bonchev–Trinajstić information content (AvgIpc) is 2.35. The van der Waals surface area contributed by atoms with E-state index in [1.165, 1.54) is 6.92 Å². The smallest absolute Gasteiger partial charge is 0.340 e. The minimum Gasteiger partial charge on any atom is -0.465 e. The van der Waals surface area contributed by atoms with E-state index in [9.17, 15) is 19.3 Å². The zero-order chi connectivity index (χ0) is 14.6. The van der Waals surface area contributed by atoms with Crippen LogP contribution in [-0.2, 0) is 4.74 Å². The maximum absolute atomic E-state index is 13.5. The molecule has 0 saturated heterocycles. The molecule has 0 aliphatic carbocycles. The second-order valence-corrected chi connectivity index (χ2v) is 3.83. The first kappa shape index (κ1) is 14.8. The van der Waals surface area contributed by atoms with Crippen LogP contribution in [0.1, 0.15) is 17.3 Å². The molecule has 1 aromatic carbocycles. The van der Waals surface area contributed by atoms with Crippen LogP contribution in [0.4, 0.5) is 15.8 Å². The largest absolute Gasteiger partial charge is 0.465 e. The van der Waals surface area contributed by atoms with Crippen molar-refractivity contribution in [3.05, 3.63) is 33.6 Å². The summed E-state index contributed by atoms with van der Waals surface area (Å²) in [5, 5.41) is 22.5. The molecule has 0 saturated carbocycles. The maximum atomic E-state index is 13.5. The van der Waals surface area contributed by atoms with Crippen LogP contribution in [0, 0.1) is 15.9 Å². The molecule has 0 bridgehead atoms. The van der Waals surface area contributed by atoms with Crippen LogP contribution in [0.3, 0.4) is 0 Å². The monoisotopic (exact) mass is 272 g/mol. The third-order valence-corrected chi connectivity index (χ3v) is 2.28. The van der Waals surface area contributed by atoms with Crippen LogP contribution < -0.4 is 5.32 Å². The number of hydrogen-bond donors (Lipinski definition) is 2. The molecule has 19 heavy (non-hydrogen) atoms.